The lowest BCUT2D eigenvalue weighted by atomic mass is 9.93. The summed E-state index contributed by atoms with van der Waals surface area (Å²) in [5.74, 6) is 0.639. The Morgan fingerprint density at radius 2 is 1.88 bits per heavy atom. The highest BCUT2D eigenvalue weighted by Gasteiger charge is 2.10. The maximum atomic E-state index is 11.5. The van der Waals surface area contributed by atoms with E-state index in [1.54, 1.807) is 6.07 Å². The van der Waals surface area contributed by atoms with Crippen molar-refractivity contribution in [3.8, 4) is 0 Å². The van der Waals surface area contributed by atoms with Gasteiger partial charge in [-0.25, -0.2) is 4.79 Å². The Bertz CT molecular complexity index is 550. The fourth-order valence-electron chi connectivity index (χ4n) is 2.24. The second-order valence-electron chi connectivity index (χ2n) is 4.47. The molecule has 2 heteroatoms. The van der Waals surface area contributed by atoms with Crippen molar-refractivity contribution in [2.45, 2.75) is 33.1 Å². The Labute approximate surface area is 101 Å². The van der Waals surface area contributed by atoms with E-state index in [9.17, 15) is 4.79 Å². The highest BCUT2D eigenvalue weighted by atomic mass is 16.4. The molecule has 0 N–H and O–H groups in total. The molecule has 0 saturated heterocycles. The van der Waals surface area contributed by atoms with Crippen molar-refractivity contribution in [2.24, 2.45) is 5.92 Å². The first kappa shape index (κ1) is 11.9. The Hall–Kier alpha value is -1.57. The average molecular weight is 230 g/mol. The van der Waals surface area contributed by atoms with E-state index in [-0.39, 0.29) is 5.63 Å². The summed E-state index contributed by atoms with van der Waals surface area (Å²) in [4.78, 5) is 11.5. The third-order valence-corrected chi connectivity index (χ3v) is 3.40. The molecule has 1 aromatic heterocycles. The fourth-order valence-corrected chi connectivity index (χ4v) is 2.24. The number of para-hydroxylation sites is 1. The van der Waals surface area contributed by atoms with Crippen LogP contribution in [0.1, 0.15) is 32.3 Å². The normalized spacial score (nSPS) is 11.2. The van der Waals surface area contributed by atoms with E-state index in [1.165, 1.54) is 0 Å². The molecule has 2 nitrogen and oxygen atoms in total. The molecule has 0 aliphatic carbocycles. The minimum Gasteiger partial charge on any atom is -0.423 e. The summed E-state index contributed by atoms with van der Waals surface area (Å²) < 4.78 is 5.20. The van der Waals surface area contributed by atoms with Crippen molar-refractivity contribution in [1.29, 1.82) is 0 Å². The minimum absolute atomic E-state index is 0.246. The number of fused-ring (bicyclic) bond motifs is 1. The summed E-state index contributed by atoms with van der Waals surface area (Å²) in [5.41, 5.74) is 1.57. The molecule has 2 rings (SSSR count). The third-order valence-electron chi connectivity index (χ3n) is 3.40. The third kappa shape index (κ3) is 2.57. The highest BCUT2D eigenvalue weighted by Crippen LogP contribution is 2.22. The summed E-state index contributed by atoms with van der Waals surface area (Å²) in [6.45, 7) is 4.39. The van der Waals surface area contributed by atoms with Crippen LogP contribution < -0.4 is 5.63 Å². The van der Waals surface area contributed by atoms with Gasteiger partial charge in [0.2, 0.25) is 0 Å². The molecule has 1 aromatic carbocycles. The van der Waals surface area contributed by atoms with Gasteiger partial charge in [0, 0.05) is 11.5 Å². The summed E-state index contributed by atoms with van der Waals surface area (Å²) in [6.07, 6.45) is 3.25. The zero-order valence-electron chi connectivity index (χ0n) is 10.4. The highest BCUT2D eigenvalue weighted by molar-refractivity contribution is 5.79. The Morgan fingerprint density at radius 1 is 1.18 bits per heavy atom. The summed E-state index contributed by atoms with van der Waals surface area (Å²) in [7, 11) is 0. The number of benzene rings is 1. The van der Waals surface area contributed by atoms with Crippen molar-refractivity contribution in [1.82, 2.24) is 0 Å². The Balaban J connectivity index is 2.48. The molecule has 17 heavy (non-hydrogen) atoms. The molecule has 0 aliphatic heterocycles. The van der Waals surface area contributed by atoms with Crippen molar-refractivity contribution in [2.75, 3.05) is 0 Å². The van der Waals surface area contributed by atoms with E-state index in [1.807, 2.05) is 24.3 Å². The standard InChI is InChI=1S/C15H18O2/c1-3-11(4-2)9-12-10-15(16)17-14-8-6-5-7-13(12)14/h5-8,10-11H,3-4,9H2,1-2H3. The van der Waals surface area contributed by atoms with Gasteiger partial charge in [-0.05, 0) is 24.0 Å². The zero-order valence-corrected chi connectivity index (χ0v) is 10.4. The molecular weight excluding hydrogens is 212 g/mol. The predicted octanol–water partition coefficient (Wildman–Crippen LogP) is 3.77. The van der Waals surface area contributed by atoms with Gasteiger partial charge < -0.3 is 4.42 Å². The van der Waals surface area contributed by atoms with Crippen LogP contribution in [0.5, 0.6) is 0 Å². The SMILES string of the molecule is CCC(CC)Cc1cc(=O)oc2ccccc12. The van der Waals surface area contributed by atoms with E-state index in [0.717, 1.165) is 30.2 Å². The van der Waals surface area contributed by atoms with Crippen LogP contribution in [0.15, 0.2) is 39.5 Å². The van der Waals surface area contributed by atoms with Gasteiger partial charge in [-0.15, -0.1) is 0 Å². The molecule has 0 saturated carbocycles. The molecule has 0 unspecified atom stereocenters. The van der Waals surface area contributed by atoms with E-state index >= 15 is 0 Å². The second kappa shape index (κ2) is 5.17. The van der Waals surface area contributed by atoms with Crippen LogP contribution in [0.25, 0.3) is 11.0 Å². The van der Waals surface area contributed by atoms with Gasteiger partial charge in [0.1, 0.15) is 5.58 Å². The molecule has 0 atom stereocenters. The average Bonchev–Trinajstić information content (AvgIpc) is 2.35. The molecule has 0 spiro atoms. The summed E-state index contributed by atoms with van der Waals surface area (Å²) in [5, 5.41) is 1.07. The van der Waals surface area contributed by atoms with Crippen molar-refractivity contribution in [3.05, 3.63) is 46.3 Å². The lowest BCUT2D eigenvalue weighted by Gasteiger charge is -2.13. The molecule has 0 aliphatic rings. The van der Waals surface area contributed by atoms with Crippen molar-refractivity contribution >= 4 is 11.0 Å². The maximum Gasteiger partial charge on any atom is 0.336 e. The van der Waals surface area contributed by atoms with Gasteiger partial charge in [0.15, 0.2) is 0 Å². The maximum absolute atomic E-state index is 11.5. The summed E-state index contributed by atoms with van der Waals surface area (Å²) in [6, 6.07) is 9.40. The first-order valence-electron chi connectivity index (χ1n) is 6.26. The Morgan fingerprint density at radius 3 is 2.59 bits per heavy atom. The topological polar surface area (TPSA) is 30.2 Å². The van der Waals surface area contributed by atoms with Crippen LogP contribution in [-0.2, 0) is 6.42 Å². The van der Waals surface area contributed by atoms with E-state index in [0.29, 0.717) is 11.5 Å². The fraction of sp³-hybridized carbons (Fsp3) is 0.400. The van der Waals surface area contributed by atoms with Crippen molar-refractivity contribution < 1.29 is 4.42 Å². The van der Waals surface area contributed by atoms with Gasteiger partial charge in [0.25, 0.3) is 0 Å². The van der Waals surface area contributed by atoms with Crippen molar-refractivity contribution in [3.63, 3.8) is 0 Å². The Kier molecular flexibility index (Phi) is 3.62. The van der Waals surface area contributed by atoms with Gasteiger partial charge in [-0.3, -0.25) is 0 Å². The minimum atomic E-state index is -0.246. The molecule has 0 radical (unpaired) electrons. The monoisotopic (exact) mass is 230 g/mol. The molecule has 0 amide bonds. The lowest BCUT2D eigenvalue weighted by Crippen LogP contribution is -2.06. The quantitative estimate of drug-likeness (QED) is 0.748. The molecule has 90 valence electrons. The molecular formula is C15H18O2. The number of hydrogen-bond acceptors (Lipinski definition) is 2. The van der Waals surface area contributed by atoms with Gasteiger partial charge in [-0.1, -0.05) is 44.9 Å². The van der Waals surface area contributed by atoms with Crippen LogP contribution >= 0.6 is 0 Å². The van der Waals surface area contributed by atoms with Crippen LogP contribution in [0, 0.1) is 5.92 Å². The molecule has 0 fully saturated rings. The number of rotatable bonds is 4. The van der Waals surface area contributed by atoms with E-state index in [2.05, 4.69) is 13.8 Å². The van der Waals surface area contributed by atoms with Gasteiger partial charge in [0.05, 0.1) is 0 Å². The largest absolute Gasteiger partial charge is 0.423 e. The van der Waals surface area contributed by atoms with Crippen LogP contribution in [0.2, 0.25) is 0 Å². The van der Waals surface area contributed by atoms with Crippen LogP contribution in [0.4, 0.5) is 0 Å². The second-order valence-corrected chi connectivity index (χ2v) is 4.47. The predicted molar refractivity (Wildman–Crippen MR) is 70.3 cm³/mol. The first-order chi connectivity index (χ1) is 8.24. The van der Waals surface area contributed by atoms with Crippen LogP contribution in [-0.4, -0.2) is 0 Å². The van der Waals surface area contributed by atoms with E-state index in [4.69, 9.17) is 4.42 Å². The molecule has 2 aromatic rings. The van der Waals surface area contributed by atoms with Crippen LogP contribution in [0.3, 0.4) is 0 Å². The smallest absolute Gasteiger partial charge is 0.336 e. The number of hydrogen-bond donors (Lipinski definition) is 0. The molecule has 0 bridgehead atoms. The summed E-state index contributed by atoms with van der Waals surface area (Å²) >= 11 is 0. The van der Waals surface area contributed by atoms with E-state index < -0.39 is 0 Å². The molecule has 1 heterocycles. The van der Waals surface area contributed by atoms with Gasteiger partial charge >= 0.3 is 5.63 Å². The zero-order chi connectivity index (χ0) is 12.3. The first-order valence-corrected chi connectivity index (χ1v) is 6.26. The lowest BCUT2D eigenvalue weighted by molar-refractivity contribution is 0.488. The van der Waals surface area contributed by atoms with Gasteiger partial charge in [-0.2, -0.15) is 0 Å².